The molecular formula is C24H18FN3O2S. The van der Waals surface area contributed by atoms with E-state index in [0.29, 0.717) is 16.3 Å². The van der Waals surface area contributed by atoms with E-state index in [1.165, 1.54) is 6.07 Å². The molecule has 0 aromatic heterocycles. The van der Waals surface area contributed by atoms with Crippen LogP contribution in [0, 0.1) is 17.1 Å². The van der Waals surface area contributed by atoms with E-state index in [2.05, 4.69) is 16.7 Å². The number of carbonyl (C=O) groups is 2. The number of halogens is 1. The van der Waals surface area contributed by atoms with Crippen LogP contribution in [0.4, 0.5) is 10.1 Å². The summed E-state index contributed by atoms with van der Waals surface area (Å²) in [7, 11) is 0. The van der Waals surface area contributed by atoms with Gasteiger partial charge in [-0.05, 0) is 34.5 Å². The highest BCUT2D eigenvalue weighted by molar-refractivity contribution is 8.03. The van der Waals surface area contributed by atoms with Crippen molar-refractivity contribution < 1.29 is 14.0 Å². The van der Waals surface area contributed by atoms with Gasteiger partial charge in [-0.15, -0.1) is 0 Å². The van der Waals surface area contributed by atoms with E-state index in [0.717, 1.165) is 22.5 Å². The first-order valence-corrected chi connectivity index (χ1v) is 10.6. The third-order valence-electron chi connectivity index (χ3n) is 5.02. The van der Waals surface area contributed by atoms with Crippen LogP contribution in [0.3, 0.4) is 0 Å². The minimum atomic E-state index is -0.675. The summed E-state index contributed by atoms with van der Waals surface area (Å²) < 4.78 is 14.3. The Morgan fingerprint density at radius 1 is 1.13 bits per heavy atom. The van der Waals surface area contributed by atoms with Crippen molar-refractivity contribution in [1.29, 1.82) is 5.26 Å². The molecule has 1 heterocycles. The maximum Gasteiger partial charge on any atom is 0.234 e. The summed E-state index contributed by atoms with van der Waals surface area (Å²) in [5.74, 6) is -1.73. The van der Waals surface area contributed by atoms with Gasteiger partial charge in [0, 0.05) is 18.0 Å². The summed E-state index contributed by atoms with van der Waals surface area (Å²) in [5.41, 5.74) is 1.22. The Morgan fingerprint density at radius 2 is 1.87 bits per heavy atom. The fourth-order valence-electron chi connectivity index (χ4n) is 3.56. The van der Waals surface area contributed by atoms with Gasteiger partial charge in [0.05, 0.1) is 22.4 Å². The SMILES string of the molecule is N#CC1=C(SCC(=O)Nc2ccc3ccccc3c2)NC(=O)CC1c1ccccc1F. The number of nitrogens with one attached hydrogen (secondary N) is 2. The maximum atomic E-state index is 14.3. The topological polar surface area (TPSA) is 82.0 Å². The molecule has 5 nitrogen and oxygen atoms in total. The average Bonchev–Trinajstić information content (AvgIpc) is 2.77. The molecule has 4 rings (SSSR count). The van der Waals surface area contributed by atoms with Crippen molar-refractivity contribution in [3.05, 3.63) is 88.7 Å². The van der Waals surface area contributed by atoms with Gasteiger partial charge in [0.1, 0.15) is 5.82 Å². The van der Waals surface area contributed by atoms with Crippen molar-refractivity contribution in [2.75, 3.05) is 11.1 Å². The Morgan fingerprint density at radius 3 is 2.65 bits per heavy atom. The molecule has 0 radical (unpaired) electrons. The van der Waals surface area contributed by atoms with Crippen LogP contribution in [-0.2, 0) is 9.59 Å². The fourth-order valence-corrected chi connectivity index (χ4v) is 4.44. The number of benzene rings is 3. The largest absolute Gasteiger partial charge is 0.325 e. The molecule has 0 fully saturated rings. The van der Waals surface area contributed by atoms with Gasteiger partial charge >= 0.3 is 0 Å². The van der Waals surface area contributed by atoms with Crippen LogP contribution < -0.4 is 10.6 Å². The average molecular weight is 431 g/mol. The molecule has 2 N–H and O–H groups in total. The lowest BCUT2D eigenvalue weighted by atomic mass is 9.87. The molecule has 3 aromatic carbocycles. The highest BCUT2D eigenvalue weighted by Gasteiger charge is 2.31. The standard InChI is InChI=1S/C24H18FN3O2S/c25-21-8-4-3-7-18(21)19-12-22(29)28-24(20(19)13-26)31-14-23(30)27-17-10-9-15-5-1-2-6-16(15)11-17/h1-11,19H,12,14H2,(H,27,30)(H,28,29). The third-order valence-corrected chi connectivity index (χ3v) is 6.03. The smallest absolute Gasteiger partial charge is 0.234 e. The van der Waals surface area contributed by atoms with Crippen molar-refractivity contribution in [2.24, 2.45) is 0 Å². The number of carbonyl (C=O) groups excluding carboxylic acids is 2. The van der Waals surface area contributed by atoms with Gasteiger partial charge in [-0.2, -0.15) is 5.26 Å². The number of nitriles is 1. The second-order valence-corrected chi connectivity index (χ2v) is 8.07. The van der Waals surface area contributed by atoms with Gasteiger partial charge in [-0.25, -0.2) is 4.39 Å². The highest BCUT2D eigenvalue weighted by Crippen LogP contribution is 2.36. The quantitative estimate of drug-likeness (QED) is 0.614. The van der Waals surface area contributed by atoms with E-state index in [-0.39, 0.29) is 29.6 Å². The molecule has 1 atom stereocenters. The van der Waals surface area contributed by atoms with Gasteiger partial charge in [0.25, 0.3) is 0 Å². The van der Waals surface area contributed by atoms with Gasteiger partial charge < -0.3 is 10.6 Å². The highest BCUT2D eigenvalue weighted by atomic mass is 32.2. The van der Waals surface area contributed by atoms with Gasteiger partial charge in [0.2, 0.25) is 11.8 Å². The molecule has 0 spiro atoms. The number of hydrogen-bond donors (Lipinski definition) is 2. The van der Waals surface area contributed by atoms with Crippen LogP contribution in [0.15, 0.2) is 77.3 Å². The Labute approximate surface area is 182 Å². The molecular weight excluding hydrogens is 413 g/mol. The summed E-state index contributed by atoms with van der Waals surface area (Å²) in [6.07, 6.45) is -0.0167. The lowest BCUT2D eigenvalue weighted by Crippen LogP contribution is -2.31. The molecule has 0 bridgehead atoms. The first-order valence-electron chi connectivity index (χ1n) is 9.65. The summed E-state index contributed by atoms with van der Waals surface area (Å²) in [6, 6.07) is 21.7. The number of anilines is 1. The Hall–Kier alpha value is -3.63. The van der Waals surface area contributed by atoms with E-state index in [4.69, 9.17) is 0 Å². The molecule has 7 heteroatoms. The second-order valence-electron chi connectivity index (χ2n) is 7.08. The zero-order valence-corrected chi connectivity index (χ0v) is 17.2. The van der Waals surface area contributed by atoms with Crippen molar-refractivity contribution in [3.63, 3.8) is 0 Å². The van der Waals surface area contributed by atoms with E-state index in [1.54, 1.807) is 18.2 Å². The lowest BCUT2D eigenvalue weighted by molar-refractivity contribution is -0.121. The molecule has 0 saturated carbocycles. The predicted molar refractivity (Wildman–Crippen MR) is 120 cm³/mol. The van der Waals surface area contributed by atoms with E-state index < -0.39 is 11.7 Å². The van der Waals surface area contributed by atoms with E-state index in [9.17, 15) is 19.2 Å². The number of nitrogens with zero attached hydrogens (tertiary/aromatic N) is 1. The molecule has 1 aliphatic rings. The summed E-state index contributed by atoms with van der Waals surface area (Å²) in [6.45, 7) is 0. The molecule has 2 amide bonds. The van der Waals surface area contributed by atoms with Crippen LogP contribution >= 0.6 is 11.8 Å². The van der Waals surface area contributed by atoms with Crippen LogP contribution in [0.1, 0.15) is 17.9 Å². The first kappa shape index (κ1) is 20.6. The zero-order chi connectivity index (χ0) is 21.8. The molecule has 0 saturated heterocycles. The summed E-state index contributed by atoms with van der Waals surface area (Å²) in [5, 5.41) is 17.5. The van der Waals surface area contributed by atoms with E-state index in [1.807, 2.05) is 42.5 Å². The number of thioether (sulfide) groups is 1. The van der Waals surface area contributed by atoms with E-state index >= 15 is 0 Å². The number of fused-ring (bicyclic) bond motifs is 1. The zero-order valence-electron chi connectivity index (χ0n) is 16.4. The van der Waals surface area contributed by atoms with Crippen LogP contribution in [0.5, 0.6) is 0 Å². The molecule has 154 valence electrons. The van der Waals surface area contributed by atoms with Crippen LogP contribution in [0.2, 0.25) is 0 Å². The number of hydrogen-bond acceptors (Lipinski definition) is 4. The van der Waals surface area contributed by atoms with Crippen molar-refractivity contribution in [2.45, 2.75) is 12.3 Å². The number of allylic oxidation sites excluding steroid dienone is 1. The normalized spacial score (nSPS) is 16.0. The monoisotopic (exact) mass is 431 g/mol. The van der Waals surface area contributed by atoms with Gasteiger partial charge in [-0.1, -0.05) is 60.3 Å². The van der Waals surface area contributed by atoms with Crippen LogP contribution in [-0.4, -0.2) is 17.6 Å². The maximum absolute atomic E-state index is 14.3. The van der Waals surface area contributed by atoms with Gasteiger partial charge in [-0.3, -0.25) is 9.59 Å². The summed E-state index contributed by atoms with van der Waals surface area (Å²) in [4.78, 5) is 24.7. The first-order chi connectivity index (χ1) is 15.0. The second kappa shape index (κ2) is 9.02. The fraction of sp³-hybridized carbons (Fsp3) is 0.125. The molecule has 1 unspecified atom stereocenters. The molecule has 1 aliphatic heterocycles. The minimum Gasteiger partial charge on any atom is -0.325 e. The Bertz CT molecular complexity index is 1250. The van der Waals surface area contributed by atoms with Gasteiger partial charge in [0.15, 0.2) is 0 Å². The molecule has 31 heavy (non-hydrogen) atoms. The Kier molecular flexibility index (Phi) is 6.01. The van der Waals surface area contributed by atoms with Crippen molar-refractivity contribution in [3.8, 4) is 6.07 Å². The molecule has 0 aliphatic carbocycles. The van der Waals surface area contributed by atoms with Crippen molar-refractivity contribution >= 4 is 40.0 Å². The summed E-state index contributed by atoms with van der Waals surface area (Å²) >= 11 is 1.06. The third kappa shape index (κ3) is 4.60. The number of amides is 2. The lowest BCUT2D eigenvalue weighted by Gasteiger charge is -2.25. The van der Waals surface area contributed by atoms with Crippen LogP contribution in [0.25, 0.3) is 10.8 Å². The molecule has 3 aromatic rings. The minimum absolute atomic E-state index is 0.00237. The van der Waals surface area contributed by atoms with Crippen molar-refractivity contribution in [1.82, 2.24) is 5.32 Å². The predicted octanol–water partition coefficient (Wildman–Crippen LogP) is 4.69. The number of rotatable bonds is 5. The Balaban J connectivity index is 1.50.